The van der Waals surface area contributed by atoms with Crippen molar-refractivity contribution in [1.29, 1.82) is 0 Å². The lowest BCUT2D eigenvalue weighted by molar-refractivity contribution is -0.195. The molecule has 1 heterocycles. The number of esters is 3. The smallest absolute Gasteiger partial charge is 0.459 e. The van der Waals surface area contributed by atoms with E-state index in [1.807, 2.05) is 6.92 Å². The highest BCUT2D eigenvalue weighted by Gasteiger charge is 2.71. The van der Waals surface area contributed by atoms with E-state index in [0.717, 1.165) is 25.7 Å². The lowest BCUT2D eigenvalue weighted by Crippen LogP contribution is -2.54. The first-order valence-electron chi connectivity index (χ1n) is 12.3. The van der Waals surface area contributed by atoms with Crippen molar-refractivity contribution in [2.45, 2.75) is 74.9 Å². The summed E-state index contributed by atoms with van der Waals surface area (Å²) in [4.78, 5) is 38.1. The van der Waals surface area contributed by atoms with Gasteiger partial charge in [-0.3, -0.25) is 14.1 Å². The van der Waals surface area contributed by atoms with Crippen LogP contribution in [0.1, 0.15) is 51.9 Å². The fourth-order valence-corrected chi connectivity index (χ4v) is 8.69. The lowest BCUT2D eigenvalue weighted by atomic mass is 9.53. The van der Waals surface area contributed by atoms with Crippen LogP contribution in [0.15, 0.2) is 0 Å². The van der Waals surface area contributed by atoms with Gasteiger partial charge < -0.3 is 14.2 Å². The van der Waals surface area contributed by atoms with Crippen molar-refractivity contribution in [2.24, 2.45) is 47.3 Å². The Morgan fingerprint density at radius 2 is 1.86 bits per heavy atom. The summed E-state index contributed by atoms with van der Waals surface area (Å²) < 4.78 is 74.5. The van der Waals surface area contributed by atoms with Gasteiger partial charge in [0.05, 0.1) is 11.8 Å². The number of hydrogen-bond acceptors (Lipinski definition) is 8. The zero-order valence-electron chi connectivity index (χ0n) is 19.1. The van der Waals surface area contributed by atoms with E-state index in [0.29, 0.717) is 17.8 Å². The second-order valence-electron chi connectivity index (χ2n) is 11.7. The molecule has 0 aromatic carbocycles. The van der Waals surface area contributed by atoms with E-state index in [4.69, 9.17) is 18.8 Å². The third-order valence-electron chi connectivity index (χ3n) is 9.94. The molecule has 0 amide bonds. The molecule has 1 aliphatic heterocycles. The second-order valence-corrected chi connectivity index (χ2v) is 13.1. The van der Waals surface area contributed by atoms with Gasteiger partial charge in [0, 0.05) is 11.8 Å². The monoisotopic (exact) mass is 518 g/mol. The van der Waals surface area contributed by atoms with Gasteiger partial charge >= 0.3 is 33.3 Å². The largest absolute Gasteiger partial charge is 0.465 e. The van der Waals surface area contributed by atoms with Crippen molar-refractivity contribution in [2.75, 3.05) is 0 Å². The molecular formula is C23H28F2O9S. The molecular weight excluding hydrogens is 490 g/mol. The van der Waals surface area contributed by atoms with Gasteiger partial charge in [0.1, 0.15) is 17.8 Å². The predicted octanol–water partition coefficient (Wildman–Crippen LogP) is 2.33. The summed E-state index contributed by atoms with van der Waals surface area (Å²) in [5.41, 5.74) is -0.689. The third kappa shape index (κ3) is 3.30. The Labute approximate surface area is 201 Å². The minimum Gasteiger partial charge on any atom is -0.459 e. The number of carbonyl (C=O) groups is 3. The van der Waals surface area contributed by atoms with Crippen molar-refractivity contribution in [1.82, 2.24) is 0 Å². The molecule has 0 spiro atoms. The van der Waals surface area contributed by atoms with Gasteiger partial charge in [0.2, 0.25) is 0 Å². The molecule has 35 heavy (non-hydrogen) atoms. The van der Waals surface area contributed by atoms with Crippen LogP contribution in [0.2, 0.25) is 0 Å². The van der Waals surface area contributed by atoms with Crippen molar-refractivity contribution < 1.29 is 50.3 Å². The second kappa shape index (κ2) is 7.36. The molecule has 0 aromatic heterocycles. The van der Waals surface area contributed by atoms with Crippen LogP contribution in [-0.4, -0.2) is 53.9 Å². The van der Waals surface area contributed by atoms with Crippen LogP contribution in [-0.2, 0) is 38.7 Å². The number of hydrogen-bond donors (Lipinski definition) is 1. The van der Waals surface area contributed by atoms with E-state index in [-0.39, 0.29) is 12.3 Å². The Hall–Kier alpha value is -1.82. The molecule has 1 N–H and O–H groups in total. The summed E-state index contributed by atoms with van der Waals surface area (Å²) in [5.74, 6) is -4.94. The maximum Gasteiger partial charge on any atom is 0.465 e. The third-order valence-corrected chi connectivity index (χ3v) is 10.8. The average Bonchev–Trinajstić information content (AvgIpc) is 3.37. The first kappa shape index (κ1) is 23.6. The lowest BCUT2D eigenvalue weighted by Gasteiger charge is -2.55. The topological polar surface area (TPSA) is 133 Å². The average molecular weight is 519 g/mol. The maximum absolute atomic E-state index is 13.8. The first-order valence-corrected chi connectivity index (χ1v) is 13.7. The molecule has 11 unspecified atom stereocenters. The SMILES string of the molecule is CC1(OC(=O)C2C3CC4C(OC(=O)C42)C3OC(=O)C(F)(F)S(=O)(=O)O)CC2CCC3CC2CC1C3. The summed E-state index contributed by atoms with van der Waals surface area (Å²) >= 11 is 0. The highest BCUT2D eigenvalue weighted by Crippen LogP contribution is 2.61. The zero-order chi connectivity index (χ0) is 25.1. The minimum atomic E-state index is -6.06. The van der Waals surface area contributed by atoms with Crippen molar-refractivity contribution in [3.8, 4) is 0 Å². The summed E-state index contributed by atoms with van der Waals surface area (Å²) in [6.45, 7) is 1.94. The molecule has 5 aliphatic carbocycles. The quantitative estimate of drug-likeness (QED) is 0.331. The Morgan fingerprint density at radius 3 is 2.57 bits per heavy atom. The predicted molar refractivity (Wildman–Crippen MR) is 111 cm³/mol. The molecule has 5 bridgehead atoms. The number of rotatable bonds is 5. The minimum absolute atomic E-state index is 0.218. The normalized spacial score (nSPS) is 47.5. The van der Waals surface area contributed by atoms with Crippen LogP contribution in [0.25, 0.3) is 0 Å². The highest BCUT2D eigenvalue weighted by atomic mass is 32.2. The molecule has 0 radical (unpaired) electrons. The van der Waals surface area contributed by atoms with Crippen LogP contribution < -0.4 is 0 Å². The zero-order valence-corrected chi connectivity index (χ0v) is 19.9. The molecule has 5 saturated carbocycles. The molecule has 11 atom stereocenters. The summed E-state index contributed by atoms with van der Waals surface area (Å²) in [6.07, 6.45) is 4.04. The van der Waals surface area contributed by atoms with Gasteiger partial charge in [-0.15, -0.1) is 0 Å². The van der Waals surface area contributed by atoms with E-state index in [2.05, 4.69) is 0 Å². The van der Waals surface area contributed by atoms with Crippen molar-refractivity contribution in [3.63, 3.8) is 0 Å². The van der Waals surface area contributed by atoms with Gasteiger partial charge in [0.15, 0.2) is 0 Å². The number of ether oxygens (including phenoxy) is 3. The summed E-state index contributed by atoms with van der Waals surface area (Å²) in [5, 5.41) is -5.18. The Bertz CT molecular complexity index is 1090. The van der Waals surface area contributed by atoms with Crippen LogP contribution in [0.5, 0.6) is 0 Å². The Morgan fingerprint density at radius 1 is 1.11 bits per heavy atom. The molecule has 6 rings (SSSR count). The molecule has 12 heteroatoms. The van der Waals surface area contributed by atoms with E-state index in [9.17, 15) is 31.6 Å². The fraction of sp³-hybridized carbons (Fsp3) is 0.870. The number of halogens is 2. The molecule has 6 fully saturated rings. The number of carbonyl (C=O) groups excluding carboxylic acids is 3. The van der Waals surface area contributed by atoms with E-state index >= 15 is 0 Å². The van der Waals surface area contributed by atoms with Gasteiger partial charge in [-0.2, -0.15) is 17.2 Å². The maximum atomic E-state index is 13.8. The Balaban J connectivity index is 1.23. The summed E-state index contributed by atoms with van der Waals surface area (Å²) in [6, 6.07) is 0. The van der Waals surface area contributed by atoms with Gasteiger partial charge in [-0.1, -0.05) is 6.42 Å². The van der Waals surface area contributed by atoms with Crippen LogP contribution in [0, 0.1) is 47.3 Å². The van der Waals surface area contributed by atoms with E-state index < -0.39 is 74.8 Å². The van der Waals surface area contributed by atoms with E-state index in [1.54, 1.807) is 0 Å². The first-order chi connectivity index (χ1) is 16.3. The molecule has 9 nitrogen and oxygen atoms in total. The summed E-state index contributed by atoms with van der Waals surface area (Å²) in [7, 11) is -6.06. The van der Waals surface area contributed by atoms with Gasteiger partial charge in [-0.05, 0) is 69.1 Å². The van der Waals surface area contributed by atoms with Gasteiger partial charge in [-0.25, -0.2) is 4.79 Å². The molecule has 6 aliphatic rings. The van der Waals surface area contributed by atoms with Gasteiger partial charge in [0.25, 0.3) is 0 Å². The van der Waals surface area contributed by atoms with Crippen molar-refractivity contribution >= 4 is 28.0 Å². The van der Waals surface area contributed by atoms with Crippen LogP contribution in [0.3, 0.4) is 0 Å². The number of fused-ring (bicyclic) bond motifs is 3. The van der Waals surface area contributed by atoms with Crippen LogP contribution >= 0.6 is 0 Å². The van der Waals surface area contributed by atoms with E-state index in [1.165, 1.54) is 12.8 Å². The van der Waals surface area contributed by atoms with Crippen molar-refractivity contribution in [3.05, 3.63) is 0 Å². The number of alkyl halides is 2. The fourth-order valence-electron chi connectivity index (χ4n) is 8.43. The van der Waals surface area contributed by atoms with Crippen LogP contribution in [0.4, 0.5) is 8.78 Å². The molecule has 0 aromatic rings. The standard InChI is InChI=1S/C23H28F2O9S/c1-22(8-10-3-2-9-4-11(10)6-12(22)5-9)34-20(27)16-14-7-13-15(16)19(26)32-17(13)18(14)33-21(28)23(24,25)35(29,30)31/h9-18H,2-8H2,1H3,(H,29,30,31). The Kier molecular flexibility index (Phi) is 4.96. The molecule has 1 saturated heterocycles. The molecule has 194 valence electrons. The highest BCUT2D eigenvalue weighted by molar-refractivity contribution is 7.87.